The average Bonchev–Trinajstić information content (AvgIpc) is 2.85. The molecule has 0 N–H and O–H groups in total. The van der Waals surface area contributed by atoms with E-state index >= 15 is 0 Å². The van der Waals surface area contributed by atoms with Crippen LogP contribution in [0, 0.1) is 0 Å². The second-order valence-corrected chi connectivity index (χ2v) is 5.39. The van der Waals surface area contributed by atoms with Gasteiger partial charge < -0.3 is 9.47 Å². The van der Waals surface area contributed by atoms with Crippen LogP contribution in [0.15, 0.2) is 41.5 Å². The zero-order chi connectivity index (χ0) is 14.8. The van der Waals surface area contributed by atoms with Crippen LogP contribution in [0.3, 0.4) is 0 Å². The van der Waals surface area contributed by atoms with Gasteiger partial charge in [0.15, 0.2) is 0 Å². The lowest BCUT2D eigenvalue weighted by Crippen LogP contribution is -2.27. The van der Waals surface area contributed by atoms with E-state index < -0.39 is 12.1 Å². The van der Waals surface area contributed by atoms with Crippen molar-refractivity contribution < 1.29 is 19.1 Å². The monoisotopic (exact) mass is 286 g/mol. The highest BCUT2D eigenvalue weighted by Crippen LogP contribution is 2.42. The molecule has 0 amide bonds. The molecule has 0 radical (unpaired) electrons. The van der Waals surface area contributed by atoms with E-state index in [1.54, 1.807) is 6.92 Å². The third kappa shape index (κ3) is 2.58. The molecule has 0 saturated carbocycles. The molecule has 3 rings (SSSR count). The largest absolute Gasteiger partial charge is 0.463 e. The quantitative estimate of drug-likeness (QED) is 0.802. The van der Waals surface area contributed by atoms with Crippen LogP contribution in [0.5, 0.6) is 0 Å². The van der Waals surface area contributed by atoms with Gasteiger partial charge in [-0.2, -0.15) is 0 Å². The first-order valence-corrected chi connectivity index (χ1v) is 7.35. The molecule has 1 aromatic rings. The van der Waals surface area contributed by atoms with Gasteiger partial charge in [-0.3, -0.25) is 0 Å². The van der Waals surface area contributed by atoms with Crippen LogP contribution in [0.4, 0.5) is 0 Å². The molecule has 1 heterocycles. The zero-order valence-corrected chi connectivity index (χ0v) is 12.0. The maximum atomic E-state index is 12.0. The Hall–Kier alpha value is -2.10. The molecule has 1 aliphatic carbocycles. The number of carbonyl (C=O) groups excluding carboxylic acids is 2. The van der Waals surface area contributed by atoms with Gasteiger partial charge in [-0.15, -0.1) is 0 Å². The van der Waals surface area contributed by atoms with Crippen molar-refractivity contribution in [2.45, 2.75) is 38.2 Å². The lowest BCUT2D eigenvalue weighted by molar-refractivity contribution is -0.160. The molecule has 2 atom stereocenters. The molecule has 21 heavy (non-hydrogen) atoms. The minimum atomic E-state index is -0.834. The third-order valence-electron chi connectivity index (χ3n) is 4.16. The Balaban J connectivity index is 1.84. The Morgan fingerprint density at radius 3 is 2.81 bits per heavy atom. The van der Waals surface area contributed by atoms with Crippen molar-refractivity contribution >= 4 is 11.9 Å². The van der Waals surface area contributed by atoms with E-state index in [1.165, 1.54) is 5.56 Å². The van der Waals surface area contributed by atoms with Crippen molar-refractivity contribution in [2.75, 3.05) is 6.61 Å². The lowest BCUT2D eigenvalue weighted by Gasteiger charge is -2.24. The summed E-state index contributed by atoms with van der Waals surface area (Å²) in [5.74, 6) is -0.476. The van der Waals surface area contributed by atoms with Gasteiger partial charge in [-0.1, -0.05) is 30.3 Å². The Kier molecular flexibility index (Phi) is 3.78. The molecule has 4 heteroatoms. The summed E-state index contributed by atoms with van der Waals surface area (Å²) < 4.78 is 10.2. The Morgan fingerprint density at radius 1 is 1.33 bits per heavy atom. The van der Waals surface area contributed by atoms with Gasteiger partial charge in [-0.05, 0) is 43.2 Å². The van der Waals surface area contributed by atoms with Gasteiger partial charge in [0.1, 0.15) is 0 Å². The summed E-state index contributed by atoms with van der Waals surface area (Å²) in [6.45, 7) is 2.04. The molecule has 0 bridgehead atoms. The zero-order valence-electron chi connectivity index (χ0n) is 12.0. The number of rotatable bonds is 3. The second kappa shape index (κ2) is 5.72. The van der Waals surface area contributed by atoms with Gasteiger partial charge in [0, 0.05) is 5.57 Å². The first-order chi connectivity index (χ1) is 10.2. The molecule has 0 spiro atoms. The summed E-state index contributed by atoms with van der Waals surface area (Å²) in [7, 11) is 0. The Morgan fingerprint density at radius 2 is 2.10 bits per heavy atom. The van der Waals surface area contributed by atoms with Crippen LogP contribution in [0.1, 0.15) is 37.7 Å². The highest BCUT2D eigenvalue weighted by Gasteiger charge is 2.42. The molecular formula is C17H18O4. The van der Waals surface area contributed by atoms with Crippen molar-refractivity contribution in [1.29, 1.82) is 0 Å². The fourth-order valence-electron chi connectivity index (χ4n) is 3.14. The van der Waals surface area contributed by atoms with Gasteiger partial charge in [-0.25, -0.2) is 9.59 Å². The number of hydrogen-bond acceptors (Lipinski definition) is 4. The van der Waals surface area contributed by atoms with Gasteiger partial charge >= 0.3 is 11.9 Å². The van der Waals surface area contributed by atoms with E-state index in [1.807, 2.05) is 18.2 Å². The molecule has 1 aromatic carbocycles. The number of esters is 2. The van der Waals surface area contributed by atoms with Gasteiger partial charge in [0.2, 0.25) is 6.10 Å². The third-order valence-corrected chi connectivity index (χ3v) is 4.16. The number of carbonyl (C=O) groups is 2. The van der Waals surface area contributed by atoms with Crippen LogP contribution < -0.4 is 0 Å². The molecule has 0 saturated heterocycles. The summed E-state index contributed by atoms with van der Waals surface area (Å²) in [5.41, 5.74) is 2.74. The molecule has 2 unspecified atom stereocenters. The first kappa shape index (κ1) is 13.9. The summed E-state index contributed by atoms with van der Waals surface area (Å²) in [6, 6.07) is 10.2. The smallest absolute Gasteiger partial charge is 0.351 e. The highest BCUT2D eigenvalue weighted by atomic mass is 16.6. The summed E-state index contributed by atoms with van der Waals surface area (Å²) >= 11 is 0. The van der Waals surface area contributed by atoms with Crippen LogP contribution in [-0.4, -0.2) is 24.6 Å². The lowest BCUT2D eigenvalue weighted by atomic mass is 9.79. The standard InChI is InChI=1S/C17H18O4/c1-2-20-17(19)15-14-10-12(11-6-4-3-5-7-11)8-9-13(14)16(18)21-15/h3-7,12,15H,2,8-10H2,1H3. The summed E-state index contributed by atoms with van der Waals surface area (Å²) in [4.78, 5) is 23.8. The number of benzene rings is 1. The first-order valence-electron chi connectivity index (χ1n) is 7.35. The molecule has 0 aromatic heterocycles. The Bertz CT molecular complexity index is 588. The normalized spacial score (nSPS) is 24.5. The Labute approximate surface area is 123 Å². The summed E-state index contributed by atoms with van der Waals surface area (Å²) in [5, 5.41) is 0. The molecule has 2 aliphatic rings. The minimum absolute atomic E-state index is 0.289. The van der Waals surface area contributed by atoms with Crippen molar-refractivity contribution in [1.82, 2.24) is 0 Å². The van der Waals surface area contributed by atoms with Crippen molar-refractivity contribution in [3.05, 3.63) is 47.0 Å². The van der Waals surface area contributed by atoms with E-state index in [-0.39, 0.29) is 12.6 Å². The van der Waals surface area contributed by atoms with Crippen molar-refractivity contribution in [3.8, 4) is 0 Å². The average molecular weight is 286 g/mol. The predicted molar refractivity (Wildman–Crippen MR) is 76.6 cm³/mol. The molecule has 1 aliphatic heterocycles. The molecule has 110 valence electrons. The van der Waals surface area contributed by atoms with Gasteiger partial charge in [0.25, 0.3) is 0 Å². The molecule has 4 nitrogen and oxygen atoms in total. The van der Waals surface area contributed by atoms with Crippen molar-refractivity contribution in [2.24, 2.45) is 0 Å². The molecular weight excluding hydrogens is 268 g/mol. The van der Waals surface area contributed by atoms with Crippen LogP contribution in [0.2, 0.25) is 0 Å². The fraction of sp³-hybridized carbons (Fsp3) is 0.412. The van der Waals surface area contributed by atoms with E-state index in [0.29, 0.717) is 24.3 Å². The van der Waals surface area contributed by atoms with E-state index in [0.717, 1.165) is 12.0 Å². The van der Waals surface area contributed by atoms with E-state index in [2.05, 4.69) is 12.1 Å². The highest BCUT2D eigenvalue weighted by molar-refractivity contribution is 5.98. The molecule has 0 fully saturated rings. The maximum absolute atomic E-state index is 12.0. The topological polar surface area (TPSA) is 52.6 Å². The number of cyclic esters (lactones) is 1. The predicted octanol–water partition coefficient (Wildman–Crippen LogP) is 2.74. The van der Waals surface area contributed by atoms with Crippen LogP contribution >= 0.6 is 0 Å². The SMILES string of the molecule is CCOC(=O)C1OC(=O)C2=C1CC(c1ccccc1)CC2. The van der Waals surface area contributed by atoms with E-state index in [9.17, 15) is 9.59 Å². The van der Waals surface area contributed by atoms with Crippen LogP contribution in [0.25, 0.3) is 0 Å². The summed E-state index contributed by atoms with van der Waals surface area (Å²) in [6.07, 6.45) is 1.44. The number of hydrogen-bond donors (Lipinski definition) is 0. The van der Waals surface area contributed by atoms with E-state index in [4.69, 9.17) is 9.47 Å². The minimum Gasteiger partial charge on any atom is -0.463 e. The van der Waals surface area contributed by atoms with Gasteiger partial charge in [0.05, 0.1) is 6.61 Å². The van der Waals surface area contributed by atoms with Crippen LogP contribution in [-0.2, 0) is 19.1 Å². The fourth-order valence-corrected chi connectivity index (χ4v) is 3.14. The number of ether oxygens (including phenoxy) is 2. The van der Waals surface area contributed by atoms with Crippen molar-refractivity contribution in [3.63, 3.8) is 0 Å². The second-order valence-electron chi connectivity index (χ2n) is 5.39. The maximum Gasteiger partial charge on any atom is 0.351 e.